The molecule has 24 heavy (non-hydrogen) atoms. The van der Waals surface area contributed by atoms with Crippen LogP contribution in [0.1, 0.15) is 27.2 Å². The lowest BCUT2D eigenvalue weighted by atomic mass is 10.1. The molecule has 1 aromatic carbocycles. The second-order valence-electron chi connectivity index (χ2n) is 5.55. The third kappa shape index (κ3) is 4.00. The fourth-order valence-corrected chi connectivity index (χ4v) is 2.52. The van der Waals surface area contributed by atoms with Gasteiger partial charge in [0, 0.05) is 18.9 Å². The van der Waals surface area contributed by atoms with E-state index in [2.05, 4.69) is 40.4 Å². The fraction of sp³-hybridized carbons (Fsp3) is 0.167. The molecule has 0 spiro atoms. The Morgan fingerprint density at radius 1 is 1.25 bits per heavy atom. The Labute approximate surface area is 145 Å². The van der Waals surface area contributed by atoms with E-state index in [1.54, 1.807) is 24.7 Å². The normalized spacial score (nSPS) is 10.6. The predicted octanol–water partition coefficient (Wildman–Crippen LogP) is 3.63. The Hall–Kier alpha value is -2.66. The Kier molecular flexibility index (Phi) is 4.91. The predicted molar refractivity (Wildman–Crippen MR) is 94.3 cm³/mol. The van der Waals surface area contributed by atoms with Crippen LogP contribution in [0.15, 0.2) is 55.1 Å². The first-order valence-electron chi connectivity index (χ1n) is 7.53. The van der Waals surface area contributed by atoms with Gasteiger partial charge in [-0.15, -0.1) is 11.6 Å². The lowest BCUT2D eigenvalue weighted by Crippen LogP contribution is -2.12. The van der Waals surface area contributed by atoms with Crippen molar-refractivity contribution in [3.05, 3.63) is 77.5 Å². The topological polar surface area (TPSA) is 59.8 Å². The van der Waals surface area contributed by atoms with Gasteiger partial charge in [0.1, 0.15) is 0 Å². The fourth-order valence-electron chi connectivity index (χ4n) is 2.36. The van der Waals surface area contributed by atoms with Crippen molar-refractivity contribution in [1.82, 2.24) is 14.5 Å². The smallest absolute Gasteiger partial charge is 0.258 e. The number of nitrogens with one attached hydrogen (secondary N) is 1. The van der Waals surface area contributed by atoms with Gasteiger partial charge in [0.15, 0.2) is 5.82 Å². The van der Waals surface area contributed by atoms with E-state index in [0.717, 1.165) is 5.69 Å². The Morgan fingerprint density at radius 3 is 2.83 bits per heavy atom. The van der Waals surface area contributed by atoms with E-state index in [4.69, 9.17) is 11.6 Å². The van der Waals surface area contributed by atoms with Gasteiger partial charge in [-0.05, 0) is 24.6 Å². The molecule has 0 aliphatic carbocycles. The third-order valence-corrected chi connectivity index (χ3v) is 3.82. The first-order valence-corrected chi connectivity index (χ1v) is 8.07. The third-order valence-electron chi connectivity index (χ3n) is 3.55. The minimum atomic E-state index is -0.246. The largest absolute Gasteiger partial charge is 0.331 e. The van der Waals surface area contributed by atoms with Crippen molar-refractivity contribution in [3.8, 4) is 0 Å². The minimum Gasteiger partial charge on any atom is -0.331 e. The highest BCUT2D eigenvalue weighted by Crippen LogP contribution is 2.11. The lowest BCUT2D eigenvalue weighted by Gasteiger charge is -2.04. The summed E-state index contributed by atoms with van der Waals surface area (Å²) in [6.45, 7) is 2.77. The van der Waals surface area contributed by atoms with Crippen LogP contribution in [0.4, 0.5) is 5.82 Å². The number of halogens is 1. The molecular weight excluding hydrogens is 324 g/mol. The number of amides is 1. The van der Waals surface area contributed by atoms with Crippen LogP contribution < -0.4 is 5.32 Å². The van der Waals surface area contributed by atoms with Gasteiger partial charge in [-0.1, -0.05) is 29.8 Å². The summed E-state index contributed by atoms with van der Waals surface area (Å²) >= 11 is 5.69. The van der Waals surface area contributed by atoms with E-state index >= 15 is 0 Å². The molecular formula is C18H17ClN4O. The summed E-state index contributed by atoms with van der Waals surface area (Å²) in [7, 11) is 0. The molecule has 0 radical (unpaired) electrons. The Balaban J connectivity index is 1.65. The van der Waals surface area contributed by atoms with Crippen molar-refractivity contribution < 1.29 is 4.79 Å². The molecule has 0 fully saturated rings. The number of nitrogens with zero attached hydrogens (tertiary/aromatic N) is 3. The standard InChI is InChI=1S/C18H17ClN4O/c1-13-3-2-4-14(7-13)10-23-11-17(21-12-23)22-18(24)15-5-6-16(8-19)20-9-15/h2-7,9,11-12H,8,10H2,1H3,(H,22,24). The van der Waals surface area contributed by atoms with Gasteiger partial charge in [-0.2, -0.15) is 0 Å². The van der Waals surface area contributed by atoms with Gasteiger partial charge >= 0.3 is 0 Å². The summed E-state index contributed by atoms with van der Waals surface area (Å²) in [4.78, 5) is 20.5. The number of hydrogen-bond acceptors (Lipinski definition) is 3. The van der Waals surface area contributed by atoms with Crippen molar-refractivity contribution in [2.75, 3.05) is 5.32 Å². The zero-order chi connectivity index (χ0) is 16.9. The van der Waals surface area contributed by atoms with Gasteiger partial charge in [-0.3, -0.25) is 9.78 Å². The molecule has 1 amide bonds. The number of hydrogen-bond donors (Lipinski definition) is 1. The molecule has 5 nitrogen and oxygen atoms in total. The van der Waals surface area contributed by atoms with Gasteiger partial charge < -0.3 is 9.88 Å². The Morgan fingerprint density at radius 2 is 2.12 bits per heavy atom. The molecule has 0 unspecified atom stereocenters. The summed E-state index contributed by atoms with van der Waals surface area (Å²) in [5.41, 5.74) is 3.60. The zero-order valence-electron chi connectivity index (χ0n) is 13.2. The molecule has 0 bridgehead atoms. The van der Waals surface area contributed by atoms with Crippen LogP contribution in [0.3, 0.4) is 0 Å². The molecule has 0 saturated carbocycles. The summed E-state index contributed by atoms with van der Waals surface area (Å²) < 4.78 is 1.93. The average Bonchev–Trinajstić information content (AvgIpc) is 3.02. The van der Waals surface area contributed by atoms with Crippen molar-refractivity contribution in [1.29, 1.82) is 0 Å². The number of aromatic nitrogens is 3. The molecule has 0 saturated heterocycles. The van der Waals surface area contributed by atoms with E-state index < -0.39 is 0 Å². The van der Waals surface area contributed by atoms with Crippen LogP contribution >= 0.6 is 11.6 Å². The van der Waals surface area contributed by atoms with Crippen molar-refractivity contribution in [2.45, 2.75) is 19.3 Å². The second kappa shape index (κ2) is 7.27. The number of carbonyl (C=O) groups is 1. The van der Waals surface area contributed by atoms with Crippen LogP contribution in [0, 0.1) is 6.92 Å². The van der Waals surface area contributed by atoms with E-state index in [1.165, 1.54) is 17.3 Å². The highest BCUT2D eigenvalue weighted by Gasteiger charge is 2.09. The van der Waals surface area contributed by atoms with Crippen LogP contribution in [0.5, 0.6) is 0 Å². The first kappa shape index (κ1) is 16.2. The van der Waals surface area contributed by atoms with Crippen LogP contribution in [0.25, 0.3) is 0 Å². The molecule has 2 heterocycles. The number of imidazole rings is 1. The molecule has 1 N–H and O–H groups in total. The molecule has 122 valence electrons. The maximum Gasteiger partial charge on any atom is 0.258 e. The van der Waals surface area contributed by atoms with E-state index in [1.807, 2.05) is 10.6 Å². The number of aryl methyl sites for hydroxylation is 1. The summed E-state index contributed by atoms with van der Waals surface area (Å²) in [5.74, 6) is 0.587. The zero-order valence-corrected chi connectivity index (χ0v) is 14.0. The SMILES string of the molecule is Cc1cccc(Cn2cnc(NC(=O)c3ccc(CCl)nc3)c2)c1. The molecule has 0 atom stereocenters. The first-order chi connectivity index (χ1) is 11.6. The van der Waals surface area contributed by atoms with Crippen LogP contribution in [-0.4, -0.2) is 20.4 Å². The molecule has 2 aromatic heterocycles. The lowest BCUT2D eigenvalue weighted by molar-refractivity contribution is 0.102. The number of carbonyl (C=O) groups excluding carboxylic acids is 1. The molecule has 3 aromatic rings. The maximum absolute atomic E-state index is 12.2. The van der Waals surface area contributed by atoms with Gasteiger partial charge in [-0.25, -0.2) is 4.98 Å². The van der Waals surface area contributed by atoms with Crippen molar-refractivity contribution >= 4 is 23.3 Å². The highest BCUT2D eigenvalue weighted by atomic mass is 35.5. The quantitative estimate of drug-likeness (QED) is 0.721. The summed E-state index contributed by atoms with van der Waals surface area (Å²) in [6, 6.07) is 11.7. The number of pyridine rings is 1. The number of anilines is 1. The van der Waals surface area contributed by atoms with E-state index in [9.17, 15) is 4.79 Å². The van der Waals surface area contributed by atoms with E-state index in [-0.39, 0.29) is 5.91 Å². The Bertz CT molecular complexity index is 842. The van der Waals surface area contributed by atoms with Gasteiger partial charge in [0.05, 0.1) is 23.5 Å². The van der Waals surface area contributed by atoms with Crippen LogP contribution in [-0.2, 0) is 12.4 Å². The summed E-state index contributed by atoms with van der Waals surface area (Å²) in [5, 5.41) is 2.77. The molecule has 6 heteroatoms. The maximum atomic E-state index is 12.2. The van der Waals surface area contributed by atoms with Crippen LogP contribution in [0.2, 0.25) is 0 Å². The molecule has 0 aliphatic rings. The number of benzene rings is 1. The summed E-state index contributed by atoms with van der Waals surface area (Å²) in [6.07, 6.45) is 5.02. The van der Waals surface area contributed by atoms with Crippen molar-refractivity contribution in [2.24, 2.45) is 0 Å². The second-order valence-corrected chi connectivity index (χ2v) is 5.81. The minimum absolute atomic E-state index is 0.246. The molecule has 3 rings (SSSR count). The molecule has 0 aliphatic heterocycles. The van der Waals surface area contributed by atoms with Gasteiger partial charge in [0.25, 0.3) is 5.91 Å². The van der Waals surface area contributed by atoms with Crippen molar-refractivity contribution in [3.63, 3.8) is 0 Å². The monoisotopic (exact) mass is 340 g/mol. The number of alkyl halides is 1. The highest BCUT2D eigenvalue weighted by molar-refractivity contribution is 6.16. The number of rotatable bonds is 5. The van der Waals surface area contributed by atoms with Gasteiger partial charge in [0.2, 0.25) is 0 Å². The van der Waals surface area contributed by atoms with E-state index in [0.29, 0.717) is 23.8 Å². The average molecular weight is 341 g/mol.